The fraction of sp³-hybridized carbons (Fsp3) is 0.263. The van der Waals surface area contributed by atoms with Crippen LogP contribution in [-0.2, 0) is 0 Å². The first-order valence-electron chi connectivity index (χ1n) is 7.63. The molecule has 0 saturated carbocycles. The molecule has 1 aliphatic carbocycles. The van der Waals surface area contributed by atoms with Gasteiger partial charge in [0.25, 0.3) is 0 Å². The average molecular weight is 312 g/mol. The Labute approximate surface area is 135 Å². The number of rotatable bonds is 2. The van der Waals surface area contributed by atoms with Gasteiger partial charge >= 0.3 is 0 Å². The summed E-state index contributed by atoms with van der Waals surface area (Å²) in [6.45, 7) is 0. The van der Waals surface area contributed by atoms with E-state index >= 15 is 0 Å². The van der Waals surface area contributed by atoms with Crippen LogP contribution in [0.3, 0.4) is 0 Å². The lowest BCUT2D eigenvalue weighted by atomic mass is 9.77. The minimum Gasteiger partial charge on any atom is -0.497 e. The molecular formula is C19H18ClNO. The van der Waals surface area contributed by atoms with Crippen LogP contribution in [0.5, 0.6) is 5.75 Å². The summed E-state index contributed by atoms with van der Waals surface area (Å²) in [4.78, 5) is 0. The minimum atomic E-state index is 0.291. The van der Waals surface area contributed by atoms with Gasteiger partial charge in [0.05, 0.1) is 13.2 Å². The summed E-state index contributed by atoms with van der Waals surface area (Å²) in [5, 5.41) is 4.50. The molecule has 0 saturated heterocycles. The van der Waals surface area contributed by atoms with E-state index in [-0.39, 0.29) is 0 Å². The quantitative estimate of drug-likeness (QED) is 0.772. The molecule has 2 aliphatic rings. The molecule has 0 fully saturated rings. The predicted octanol–water partition coefficient (Wildman–Crippen LogP) is 5.18. The second kappa shape index (κ2) is 5.36. The molecule has 0 spiro atoms. The lowest BCUT2D eigenvalue weighted by Crippen LogP contribution is -2.29. The molecule has 2 aromatic carbocycles. The molecule has 112 valence electrons. The Morgan fingerprint density at radius 2 is 2.09 bits per heavy atom. The monoisotopic (exact) mass is 311 g/mol. The molecule has 3 unspecified atom stereocenters. The maximum atomic E-state index is 6.19. The van der Waals surface area contributed by atoms with Crippen molar-refractivity contribution in [3.05, 3.63) is 70.8 Å². The molecule has 0 amide bonds. The maximum absolute atomic E-state index is 6.19. The molecule has 3 heteroatoms. The van der Waals surface area contributed by atoms with Crippen molar-refractivity contribution in [2.24, 2.45) is 5.92 Å². The van der Waals surface area contributed by atoms with Gasteiger partial charge in [-0.2, -0.15) is 0 Å². The number of halogens is 1. The summed E-state index contributed by atoms with van der Waals surface area (Å²) in [5.41, 5.74) is 3.78. The molecule has 22 heavy (non-hydrogen) atoms. The van der Waals surface area contributed by atoms with Crippen molar-refractivity contribution in [3.8, 4) is 5.75 Å². The summed E-state index contributed by atoms with van der Waals surface area (Å²) in [7, 11) is 1.72. The van der Waals surface area contributed by atoms with Crippen LogP contribution in [0.25, 0.3) is 0 Å². The largest absolute Gasteiger partial charge is 0.497 e. The smallest absolute Gasteiger partial charge is 0.119 e. The van der Waals surface area contributed by atoms with Crippen LogP contribution in [-0.4, -0.2) is 7.11 Å². The third-order valence-electron chi connectivity index (χ3n) is 4.78. The highest BCUT2D eigenvalue weighted by Gasteiger charge is 2.38. The van der Waals surface area contributed by atoms with Crippen LogP contribution in [0.1, 0.15) is 29.5 Å². The molecule has 0 radical (unpaired) electrons. The summed E-state index contributed by atoms with van der Waals surface area (Å²) in [5.74, 6) is 1.88. The van der Waals surface area contributed by atoms with Gasteiger partial charge in [0.1, 0.15) is 5.75 Å². The van der Waals surface area contributed by atoms with Crippen molar-refractivity contribution in [1.29, 1.82) is 0 Å². The molecule has 1 heterocycles. The number of hydrogen-bond donors (Lipinski definition) is 1. The van der Waals surface area contributed by atoms with Gasteiger partial charge < -0.3 is 10.1 Å². The summed E-state index contributed by atoms with van der Waals surface area (Å²) >= 11 is 6.19. The van der Waals surface area contributed by atoms with Crippen LogP contribution in [0.15, 0.2) is 54.6 Å². The average Bonchev–Trinajstić information content (AvgIpc) is 3.03. The van der Waals surface area contributed by atoms with Crippen molar-refractivity contribution < 1.29 is 4.74 Å². The molecule has 1 aliphatic heterocycles. The van der Waals surface area contributed by atoms with E-state index < -0.39 is 0 Å². The Morgan fingerprint density at radius 3 is 2.91 bits per heavy atom. The zero-order chi connectivity index (χ0) is 15.1. The third-order valence-corrected chi connectivity index (χ3v) is 5.01. The van der Waals surface area contributed by atoms with E-state index in [0.717, 1.165) is 17.2 Å². The number of methoxy groups -OCH3 is 1. The van der Waals surface area contributed by atoms with Gasteiger partial charge in [-0.15, -0.1) is 0 Å². The number of ether oxygens (including phenoxy) is 1. The number of fused-ring (bicyclic) bond motifs is 3. The number of benzene rings is 2. The van der Waals surface area contributed by atoms with Crippen molar-refractivity contribution >= 4 is 17.3 Å². The summed E-state index contributed by atoms with van der Waals surface area (Å²) in [6.07, 6.45) is 5.72. The van der Waals surface area contributed by atoms with Crippen LogP contribution in [0.4, 0.5) is 5.69 Å². The molecule has 0 aromatic heterocycles. The predicted molar refractivity (Wildman–Crippen MR) is 90.8 cm³/mol. The van der Waals surface area contributed by atoms with Gasteiger partial charge in [-0.1, -0.05) is 35.9 Å². The number of nitrogens with one attached hydrogen (secondary N) is 1. The first-order chi connectivity index (χ1) is 10.8. The molecule has 2 nitrogen and oxygen atoms in total. The lowest BCUT2D eigenvalue weighted by molar-refractivity contribution is 0.405. The van der Waals surface area contributed by atoms with E-state index in [1.165, 1.54) is 16.8 Å². The van der Waals surface area contributed by atoms with E-state index in [0.29, 0.717) is 17.9 Å². The third kappa shape index (κ3) is 2.19. The van der Waals surface area contributed by atoms with Crippen molar-refractivity contribution in [3.63, 3.8) is 0 Å². The SMILES string of the molecule is COc1ccc2c(c1)C1C=CCC1C(c1cccc(Cl)c1)N2. The fourth-order valence-electron chi connectivity index (χ4n) is 3.73. The van der Waals surface area contributed by atoms with E-state index in [4.69, 9.17) is 16.3 Å². The second-order valence-electron chi connectivity index (χ2n) is 5.98. The van der Waals surface area contributed by atoms with Crippen LogP contribution < -0.4 is 10.1 Å². The molecule has 0 bridgehead atoms. The second-order valence-corrected chi connectivity index (χ2v) is 6.42. The van der Waals surface area contributed by atoms with Crippen LogP contribution in [0, 0.1) is 5.92 Å². The van der Waals surface area contributed by atoms with E-state index in [1.807, 2.05) is 18.2 Å². The van der Waals surface area contributed by atoms with Gasteiger partial charge in [-0.25, -0.2) is 0 Å². The Kier molecular flexibility index (Phi) is 3.34. The van der Waals surface area contributed by atoms with Crippen molar-refractivity contribution in [2.45, 2.75) is 18.4 Å². The Balaban J connectivity index is 1.78. The molecule has 3 atom stereocenters. The van der Waals surface area contributed by atoms with Crippen LogP contribution >= 0.6 is 11.6 Å². The maximum Gasteiger partial charge on any atom is 0.119 e. The first kappa shape index (κ1) is 13.7. The van der Waals surface area contributed by atoms with Gasteiger partial charge in [0.15, 0.2) is 0 Å². The first-order valence-corrected chi connectivity index (χ1v) is 8.00. The van der Waals surface area contributed by atoms with Crippen molar-refractivity contribution in [2.75, 3.05) is 12.4 Å². The summed E-state index contributed by atoms with van der Waals surface area (Å²) < 4.78 is 5.39. The van der Waals surface area contributed by atoms with Gasteiger partial charge in [0.2, 0.25) is 0 Å². The van der Waals surface area contributed by atoms with Gasteiger partial charge in [-0.3, -0.25) is 0 Å². The number of hydrogen-bond acceptors (Lipinski definition) is 2. The van der Waals surface area contributed by atoms with E-state index in [9.17, 15) is 0 Å². The molecule has 2 aromatic rings. The molecular weight excluding hydrogens is 294 g/mol. The summed E-state index contributed by atoms with van der Waals surface area (Å²) in [6, 6.07) is 14.8. The van der Waals surface area contributed by atoms with E-state index in [2.05, 4.69) is 41.7 Å². The molecule has 1 N–H and O–H groups in total. The topological polar surface area (TPSA) is 21.3 Å². The number of allylic oxidation sites excluding steroid dienone is 2. The lowest BCUT2D eigenvalue weighted by Gasteiger charge is -2.37. The molecule has 4 rings (SSSR count). The zero-order valence-corrected chi connectivity index (χ0v) is 13.2. The van der Waals surface area contributed by atoms with Gasteiger partial charge in [-0.05, 0) is 53.8 Å². The highest BCUT2D eigenvalue weighted by Crippen LogP contribution is 2.50. The highest BCUT2D eigenvalue weighted by atomic mass is 35.5. The number of anilines is 1. The Hall–Kier alpha value is -1.93. The zero-order valence-electron chi connectivity index (χ0n) is 12.4. The van der Waals surface area contributed by atoms with Crippen LogP contribution in [0.2, 0.25) is 5.02 Å². The Morgan fingerprint density at radius 1 is 1.18 bits per heavy atom. The fourth-order valence-corrected chi connectivity index (χ4v) is 3.93. The van der Waals surface area contributed by atoms with E-state index in [1.54, 1.807) is 7.11 Å². The minimum absolute atomic E-state index is 0.291. The Bertz CT molecular complexity index is 740. The van der Waals surface area contributed by atoms with Gasteiger partial charge in [0, 0.05) is 16.6 Å². The van der Waals surface area contributed by atoms with Crippen molar-refractivity contribution in [1.82, 2.24) is 0 Å². The normalized spacial score (nSPS) is 25.3. The highest BCUT2D eigenvalue weighted by molar-refractivity contribution is 6.30. The standard InChI is InChI=1S/C19H18ClNO/c1-22-14-8-9-18-17(11-14)15-6-3-7-16(15)19(21-18)12-4-2-5-13(20)10-12/h2-6,8-11,15-16,19,21H,7H2,1H3.